The van der Waals surface area contributed by atoms with Crippen molar-refractivity contribution in [2.75, 3.05) is 26.2 Å². The molecule has 0 bridgehead atoms. The first-order valence-electron chi connectivity index (χ1n) is 9.10. The predicted molar refractivity (Wildman–Crippen MR) is 94.9 cm³/mol. The molecule has 1 heterocycles. The van der Waals surface area contributed by atoms with Crippen LogP contribution in [0.15, 0.2) is 0 Å². The lowest BCUT2D eigenvalue weighted by Crippen LogP contribution is -2.59. The lowest BCUT2D eigenvalue weighted by Gasteiger charge is -2.41. The van der Waals surface area contributed by atoms with Crippen LogP contribution in [0.5, 0.6) is 0 Å². The third kappa shape index (κ3) is 5.74. The summed E-state index contributed by atoms with van der Waals surface area (Å²) in [7, 11) is 0. The number of rotatable bonds is 4. The maximum atomic E-state index is 12.8. The molecule has 26 heavy (non-hydrogen) atoms. The predicted octanol–water partition coefficient (Wildman–Crippen LogP) is 2.72. The Balaban J connectivity index is 0.00000338. The van der Waals surface area contributed by atoms with Crippen molar-refractivity contribution in [3.63, 3.8) is 0 Å². The molecule has 0 aromatic rings. The van der Waals surface area contributed by atoms with E-state index in [4.69, 9.17) is 5.73 Å². The van der Waals surface area contributed by atoms with Crippen LogP contribution in [0.1, 0.15) is 51.9 Å². The zero-order valence-corrected chi connectivity index (χ0v) is 16.0. The summed E-state index contributed by atoms with van der Waals surface area (Å²) in [5.74, 6) is -1.25. The molecule has 2 amide bonds. The molecule has 1 aliphatic carbocycles. The maximum Gasteiger partial charge on any atom is 0.406 e. The molecule has 1 atom stereocenters. The molecule has 2 N–H and O–H groups in total. The lowest BCUT2D eigenvalue weighted by molar-refractivity contribution is -0.165. The van der Waals surface area contributed by atoms with Crippen LogP contribution in [-0.2, 0) is 9.59 Å². The van der Waals surface area contributed by atoms with E-state index in [1.54, 1.807) is 4.90 Å². The van der Waals surface area contributed by atoms with E-state index < -0.39 is 30.1 Å². The molecule has 5 nitrogen and oxygen atoms in total. The van der Waals surface area contributed by atoms with E-state index >= 15 is 0 Å². The second-order valence-corrected chi connectivity index (χ2v) is 7.27. The second kappa shape index (κ2) is 9.26. The molecule has 0 spiro atoms. The molecular weight excluding hydrogens is 371 g/mol. The Morgan fingerprint density at radius 3 is 2.35 bits per heavy atom. The zero-order valence-electron chi connectivity index (χ0n) is 15.2. The number of hydrogen-bond acceptors (Lipinski definition) is 3. The van der Waals surface area contributed by atoms with Gasteiger partial charge in [0.25, 0.3) is 0 Å². The van der Waals surface area contributed by atoms with Crippen molar-refractivity contribution in [1.29, 1.82) is 0 Å². The summed E-state index contributed by atoms with van der Waals surface area (Å²) in [6.45, 7) is 0.988. The van der Waals surface area contributed by atoms with Crippen molar-refractivity contribution in [2.24, 2.45) is 11.7 Å². The quantitative estimate of drug-likeness (QED) is 0.790. The number of hydrogen-bond donors (Lipinski definition) is 1. The van der Waals surface area contributed by atoms with Gasteiger partial charge in [-0.15, -0.1) is 12.4 Å². The highest BCUT2D eigenvalue weighted by atomic mass is 35.5. The van der Waals surface area contributed by atoms with Crippen LogP contribution in [0.2, 0.25) is 0 Å². The Kier molecular flexibility index (Phi) is 8.20. The van der Waals surface area contributed by atoms with Crippen LogP contribution in [0.4, 0.5) is 13.2 Å². The minimum absolute atomic E-state index is 0. The lowest BCUT2D eigenvalue weighted by atomic mass is 9.81. The van der Waals surface area contributed by atoms with Gasteiger partial charge in [-0.2, -0.15) is 13.2 Å². The largest absolute Gasteiger partial charge is 0.406 e. The van der Waals surface area contributed by atoms with Gasteiger partial charge in [0.05, 0.1) is 11.5 Å². The Bertz CT molecular complexity index is 496. The van der Waals surface area contributed by atoms with Crippen LogP contribution in [0.25, 0.3) is 0 Å². The van der Waals surface area contributed by atoms with E-state index in [2.05, 4.69) is 0 Å². The van der Waals surface area contributed by atoms with Gasteiger partial charge in [-0.3, -0.25) is 9.59 Å². The minimum atomic E-state index is -4.42. The van der Waals surface area contributed by atoms with Gasteiger partial charge in [0, 0.05) is 19.6 Å². The van der Waals surface area contributed by atoms with Crippen molar-refractivity contribution in [3.8, 4) is 0 Å². The van der Waals surface area contributed by atoms with E-state index in [-0.39, 0.29) is 31.4 Å². The van der Waals surface area contributed by atoms with Crippen LogP contribution in [0.3, 0.4) is 0 Å². The maximum absolute atomic E-state index is 12.8. The molecule has 152 valence electrons. The summed E-state index contributed by atoms with van der Waals surface area (Å²) in [6, 6.07) is 0. The zero-order chi connectivity index (χ0) is 18.7. The number of carbonyl (C=O) groups excluding carboxylic acids is 2. The van der Waals surface area contributed by atoms with Gasteiger partial charge in [0.15, 0.2) is 0 Å². The Morgan fingerprint density at radius 1 is 1.19 bits per heavy atom. The molecule has 2 aliphatic rings. The molecule has 0 aromatic heterocycles. The highest BCUT2D eigenvalue weighted by Gasteiger charge is 2.42. The normalized spacial score (nSPS) is 23.1. The highest BCUT2D eigenvalue weighted by molar-refractivity contribution is 5.87. The summed E-state index contributed by atoms with van der Waals surface area (Å²) in [5.41, 5.74) is 5.41. The Hall–Kier alpha value is -1.02. The fraction of sp³-hybridized carbons (Fsp3) is 0.882. The molecule has 9 heteroatoms. The van der Waals surface area contributed by atoms with E-state index in [0.717, 1.165) is 24.2 Å². The van der Waals surface area contributed by atoms with Crippen molar-refractivity contribution in [3.05, 3.63) is 0 Å². The van der Waals surface area contributed by atoms with Crippen LogP contribution in [-0.4, -0.2) is 59.5 Å². The van der Waals surface area contributed by atoms with Gasteiger partial charge in [0.2, 0.25) is 11.8 Å². The van der Waals surface area contributed by atoms with Gasteiger partial charge < -0.3 is 15.5 Å². The summed E-state index contributed by atoms with van der Waals surface area (Å²) in [5, 5.41) is 0. The SMILES string of the molecule is CCN(CC(F)(F)F)C(=O)C1CCCN(C(=O)C2(N)CCCCC2)C1.Cl. The molecule has 1 saturated carbocycles. The van der Waals surface area contributed by atoms with Crippen molar-refractivity contribution in [2.45, 2.75) is 63.6 Å². The number of amides is 2. The molecule has 1 saturated heterocycles. The molecule has 2 fully saturated rings. The van der Waals surface area contributed by atoms with Crippen LogP contribution in [0, 0.1) is 5.92 Å². The summed E-state index contributed by atoms with van der Waals surface area (Å²) >= 11 is 0. The molecule has 0 aromatic carbocycles. The number of halogens is 4. The molecule has 1 aliphatic heterocycles. The molecule has 2 rings (SSSR count). The highest BCUT2D eigenvalue weighted by Crippen LogP contribution is 2.30. The second-order valence-electron chi connectivity index (χ2n) is 7.27. The van der Waals surface area contributed by atoms with Gasteiger partial charge in [-0.1, -0.05) is 19.3 Å². The fourth-order valence-electron chi connectivity index (χ4n) is 3.89. The number of likely N-dealkylation sites (tertiary alicyclic amines) is 1. The number of piperidine rings is 1. The fourth-order valence-corrected chi connectivity index (χ4v) is 3.89. The van der Waals surface area contributed by atoms with Gasteiger partial charge in [-0.25, -0.2) is 0 Å². The van der Waals surface area contributed by atoms with Crippen molar-refractivity contribution >= 4 is 24.2 Å². The van der Waals surface area contributed by atoms with Crippen LogP contribution >= 0.6 is 12.4 Å². The number of nitrogens with zero attached hydrogens (tertiary/aromatic N) is 2. The summed E-state index contributed by atoms with van der Waals surface area (Å²) in [6.07, 6.45) is 0.860. The van der Waals surface area contributed by atoms with Crippen LogP contribution < -0.4 is 5.73 Å². The standard InChI is InChI=1S/C17H28F3N3O2.ClH/c1-2-22(12-17(18,19)20)14(24)13-7-6-10-23(11-13)15(25)16(21)8-4-3-5-9-16;/h13H,2-12,21H2,1H3;1H. The third-order valence-corrected chi connectivity index (χ3v) is 5.29. The summed E-state index contributed by atoms with van der Waals surface area (Å²) < 4.78 is 37.9. The van der Waals surface area contributed by atoms with E-state index in [0.29, 0.717) is 32.2 Å². The number of nitrogens with two attached hydrogens (primary N) is 1. The van der Waals surface area contributed by atoms with E-state index in [1.807, 2.05) is 0 Å². The molecule has 0 radical (unpaired) electrons. The minimum Gasteiger partial charge on any atom is -0.340 e. The monoisotopic (exact) mass is 399 g/mol. The van der Waals surface area contributed by atoms with E-state index in [1.165, 1.54) is 6.92 Å². The first-order chi connectivity index (χ1) is 11.7. The average Bonchev–Trinajstić information content (AvgIpc) is 2.58. The number of alkyl halides is 3. The molecular formula is C17H29ClF3N3O2. The number of carbonyl (C=O) groups is 2. The Labute approximate surface area is 158 Å². The van der Waals surface area contributed by atoms with Gasteiger partial charge >= 0.3 is 6.18 Å². The average molecular weight is 400 g/mol. The van der Waals surface area contributed by atoms with Gasteiger partial charge in [0.1, 0.15) is 6.54 Å². The first kappa shape index (κ1) is 23.0. The smallest absolute Gasteiger partial charge is 0.340 e. The summed E-state index contributed by atoms with van der Waals surface area (Å²) in [4.78, 5) is 27.7. The topological polar surface area (TPSA) is 66.6 Å². The van der Waals surface area contributed by atoms with Crippen molar-refractivity contribution < 1.29 is 22.8 Å². The van der Waals surface area contributed by atoms with Gasteiger partial charge in [-0.05, 0) is 32.6 Å². The first-order valence-corrected chi connectivity index (χ1v) is 9.10. The molecule has 1 unspecified atom stereocenters. The van der Waals surface area contributed by atoms with Crippen molar-refractivity contribution in [1.82, 2.24) is 9.80 Å². The Morgan fingerprint density at radius 2 is 1.81 bits per heavy atom. The van der Waals surface area contributed by atoms with E-state index in [9.17, 15) is 22.8 Å². The third-order valence-electron chi connectivity index (χ3n) is 5.29.